The maximum Gasteiger partial charge on any atom is 0.242 e. The number of aryl methyl sites for hydroxylation is 1. The molecule has 0 radical (unpaired) electrons. The molecule has 19 heavy (non-hydrogen) atoms. The number of carbonyl (C=O) groups excluding carboxylic acids is 1. The summed E-state index contributed by atoms with van der Waals surface area (Å²) in [6.45, 7) is 6.84. The van der Waals surface area contributed by atoms with E-state index < -0.39 is 0 Å². The fraction of sp³-hybridized carbons (Fsp3) is 0.667. The summed E-state index contributed by atoms with van der Waals surface area (Å²) in [5, 5.41) is 2.97. The average molecular weight is 263 g/mol. The molecule has 0 spiro atoms. The summed E-state index contributed by atoms with van der Waals surface area (Å²) >= 11 is 0. The first-order chi connectivity index (χ1) is 9.06. The molecule has 1 amide bonds. The van der Waals surface area contributed by atoms with Crippen molar-refractivity contribution >= 4 is 5.91 Å². The van der Waals surface area contributed by atoms with Crippen LogP contribution in [0.2, 0.25) is 0 Å². The second kappa shape index (κ2) is 5.78. The van der Waals surface area contributed by atoms with Crippen LogP contribution in [0.4, 0.5) is 0 Å². The number of hydrogen-bond donors (Lipinski definition) is 2. The van der Waals surface area contributed by atoms with Gasteiger partial charge in [0.1, 0.15) is 6.04 Å². The van der Waals surface area contributed by atoms with E-state index in [-0.39, 0.29) is 18.0 Å². The van der Waals surface area contributed by atoms with Crippen LogP contribution in [0.25, 0.3) is 0 Å². The molecule has 0 saturated heterocycles. The Balaban J connectivity index is 2.27. The monoisotopic (exact) mass is 263 g/mol. The van der Waals surface area contributed by atoms with E-state index in [1.807, 2.05) is 6.92 Å². The van der Waals surface area contributed by atoms with Gasteiger partial charge in [-0.05, 0) is 51.2 Å². The van der Waals surface area contributed by atoms with Gasteiger partial charge in [0, 0.05) is 24.0 Å². The lowest BCUT2D eigenvalue weighted by molar-refractivity contribution is -0.123. The van der Waals surface area contributed by atoms with Crippen molar-refractivity contribution in [3.8, 4) is 0 Å². The van der Waals surface area contributed by atoms with E-state index in [9.17, 15) is 4.79 Å². The van der Waals surface area contributed by atoms with Crippen LogP contribution in [0.3, 0.4) is 0 Å². The summed E-state index contributed by atoms with van der Waals surface area (Å²) in [4.78, 5) is 12.2. The van der Waals surface area contributed by atoms with Crippen molar-refractivity contribution in [2.24, 2.45) is 5.73 Å². The molecular weight excluding hydrogens is 238 g/mol. The zero-order valence-corrected chi connectivity index (χ0v) is 12.2. The molecule has 0 bridgehead atoms. The molecular formula is C15H25N3O. The van der Waals surface area contributed by atoms with E-state index in [2.05, 4.69) is 29.8 Å². The first-order valence-electron chi connectivity index (χ1n) is 7.30. The van der Waals surface area contributed by atoms with Gasteiger partial charge in [0.05, 0.1) is 0 Å². The topological polar surface area (TPSA) is 60.0 Å². The van der Waals surface area contributed by atoms with E-state index in [1.54, 1.807) is 0 Å². The summed E-state index contributed by atoms with van der Waals surface area (Å²) < 4.78 is 2.17. The first kappa shape index (κ1) is 14.1. The lowest BCUT2D eigenvalue weighted by Crippen LogP contribution is -2.33. The van der Waals surface area contributed by atoms with Gasteiger partial charge >= 0.3 is 0 Å². The van der Waals surface area contributed by atoms with Crippen molar-refractivity contribution in [2.75, 3.05) is 6.54 Å². The predicted octanol–water partition coefficient (Wildman–Crippen LogP) is 2.22. The van der Waals surface area contributed by atoms with Crippen LogP contribution < -0.4 is 11.1 Å². The SMILES string of the molecule is CCCNC(=O)C(C)n1c(C)cc2c1CCCC2N. The number of aromatic nitrogens is 1. The number of fused-ring (bicyclic) bond motifs is 1. The van der Waals surface area contributed by atoms with E-state index >= 15 is 0 Å². The highest BCUT2D eigenvalue weighted by Crippen LogP contribution is 2.32. The van der Waals surface area contributed by atoms with E-state index in [4.69, 9.17) is 5.73 Å². The smallest absolute Gasteiger partial charge is 0.242 e. The maximum absolute atomic E-state index is 12.2. The van der Waals surface area contributed by atoms with E-state index in [0.717, 1.165) is 37.9 Å². The molecule has 2 rings (SSSR count). The number of nitrogens with two attached hydrogens (primary N) is 1. The highest BCUT2D eigenvalue weighted by molar-refractivity contribution is 5.80. The van der Waals surface area contributed by atoms with Crippen LogP contribution >= 0.6 is 0 Å². The number of nitrogens with zero attached hydrogens (tertiary/aromatic N) is 1. The molecule has 1 aromatic heterocycles. The molecule has 4 nitrogen and oxygen atoms in total. The highest BCUT2D eigenvalue weighted by Gasteiger charge is 2.26. The lowest BCUT2D eigenvalue weighted by atomic mass is 9.93. The molecule has 1 aliphatic carbocycles. The van der Waals surface area contributed by atoms with Gasteiger partial charge < -0.3 is 15.6 Å². The quantitative estimate of drug-likeness (QED) is 0.875. The third-order valence-corrected chi connectivity index (χ3v) is 4.01. The van der Waals surface area contributed by atoms with Gasteiger partial charge in [-0.2, -0.15) is 0 Å². The Labute approximate surface area is 115 Å². The van der Waals surface area contributed by atoms with Crippen LogP contribution in [-0.2, 0) is 11.2 Å². The van der Waals surface area contributed by atoms with E-state index in [1.165, 1.54) is 11.3 Å². The predicted molar refractivity (Wildman–Crippen MR) is 77.0 cm³/mol. The highest BCUT2D eigenvalue weighted by atomic mass is 16.2. The fourth-order valence-electron chi connectivity index (χ4n) is 3.01. The number of amides is 1. The van der Waals surface area contributed by atoms with Crippen molar-refractivity contribution in [1.29, 1.82) is 0 Å². The Morgan fingerprint density at radius 2 is 2.37 bits per heavy atom. The molecule has 1 heterocycles. The van der Waals surface area contributed by atoms with Gasteiger partial charge in [0.15, 0.2) is 0 Å². The zero-order valence-electron chi connectivity index (χ0n) is 12.2. The Kier molecular flexibility index (Phi) is 4.30. The minimum absolute atomic E-state index is 0.0995. The van der Waals surface area contributed by atoms with Crippen molar-refractivity contribution in [1.82, 2.24) is 9.88 Å². The minimum Gasteiger partial charge on any atom is -0.354 e. The van der Waals surface area contributed by atoms with Crippen molar-refractivity contribution < 1.29 is 4.79 Å². The van der Waals surface area contributed by atoms with Crippen molar-refractivity contribution in [3.63, 3.8) is 0 Å². The third kappa shape index (κ3) is 2.68. The summed E-state index contributed by atoms with van der Waals surface area (Å²) in [6.07, 6.45) is 4.15. The standard InChI is InChI=1S/C15H25N3O/c1-4-8-17-15(19)11(3)18-10(2)9-12-13(16)6-5-7-14(12)18/h9,11,13H,4-8,16H2,1-3H3,(H,17,19). The third-order valence-electron chi connectivity index (χ3n) is 4.01. The number of nitrogens with one attached hydrogen (secondary N) is 1. The van der Waals surface area contributed by atoms with Gasteiger partial charge in [-0.3, -0.25) is 4.79 Å². The molecule has 0 aromatic carbocycles. The number of hydrogen-bond acceptors (Lipinski definition) is 2. The minimum atomic E-state index is -0.152. The van der Waals surface area contributed by atoms with Gasteiger partial charge in [0.25, 0.3) is 0 Å². The van der Waals surface area contributed by atoms with Crippen molar-refractivity contribution in [3.05, 3.63) is 23.0 Å². The van der Waals surface area contributed by atoms with Crippen LogP contribution in [-0.4, -0.2) is 17.0 Å². The molecule has 106 valence electrons. The molecule has 0 aliphatic heterocycles. The van der Waals surface area contributed by atoms with Gasteiger partial charge in [-0.25, -0.2) is 0 Å². The molecule has 0 saturated carbocycles. The van der Waals surface area contributed by atoms with Crippen LogP contribution in [0.15, 0.2) is 6.07 Å². The first-order valence-corrected chi connectivity index (χ1v) is 7.30. The van der Waals surface area contributed by atoms with Crippen LogP contribution in [0, 0.1) is 6.92 Å². The number of rotatable bonds is 4. The summed E-state index contributed by atoms with van der Waals surface area (Å²) in [5.74, 6) is 0.0995. The second-order valence-electron chi connectivity index (χ2n) is 5.52. The summed E-state index contributed by atoms with van der Waals surface area (Å²) in [7, 11) is 0. The Morgan fingerprint density at radius 1 is 1.63 bits per heavy atom. The molecule has 1 aromatic rings. The van der Waals surface area contributed by atoms with E-state index in [0.29, 0.717) is 0 Å². The van der Waals surface area contributed by atoms with Gasteiger partial charge in [-0.1, -0.05) is 6.92 Å². The fourth-order valence-corrected chi connectivity index (χ4v) is 3.01. The Bertz CT molecular complexity index is 464. The maximum atomic E-state index is 12.2. The Morgan fingerprint density at radius 3 is 3.05 bits per heavy atom. The zero-order chi connectivity index (χ0) is 14.0. The van der Waals surface area contributed by atoms with Crippen LogP contribution in [0.1, 0.15) is 62.1 Å². The molecule has 2 unspecified atom stereocenters. The molecule has 2 atom stereocenters. The normalized spacial score (nSPS) is 19.9. The Hall–Kier alpha value is -1.29. The molecule has 3 N–H and O–H groups in total. The number of carbonyl (C=O) groups is 1. The molecule has 1 aliphatic rings. The summed E-state index contributed by atoms with van der Waals surface area (Å²) in [6, 6.07) is 2.14. The molecule has 4 heteroatoms. The lowest BCUT2D eigenvalue weighted by Gasteiger charge is -2.24. The van der Waals surface area contributed by atoms with Gasteiger partial charge in [0.2, 0.25) is 5.91 Å². The summed E-state index contributed by atoms with van der Waals surface area (Å²) in [5.41, 5.74) is 9.81. The van der Waals surface area contributed by atoms with Crippen LogP contribution in [0.5, 0.6) is 0 Å². The van der Waals surface area contributed by atoms with Crippen molar-refractivity contribution in [2.45, 2.75) is 58.5 Å². The molecule has 0 fully saturated rings. The average Bonchev–Trinajstić information content (AvgIpc) is 2.73. The second-order valence-corrected chi connectivity index (χ2v) is 5.52. The largest absolute Gasteiger partial charge is 0.354 e. The van der Waals surface area contributed by atoms with Gasteiger partial charge in [-0.15, -0.1) is 0 Å².